The fourth-order valence-electron chi connectivity index (χ4n) is 3.79. The van der Waals surface area contributed by atoms with E-state index < -0.39 is 0 Å². The van der Waals surface area contributed by atoms with Crippen LogP contribution in [0.5, 0.6) is 0 Å². The lowest BCUT2D eigenvalue weighted by atomic mass is 9.68. The number of ether oxygens (including phenoxy) is 1. The highest BCUT2D eigenvalue weighted by Crippen LogP contribution is 2.43. The van der Waals surface area contributed by atoms with Crippen molar-refractivity contribution in [2.75, 3.05) is 6.61 Å². The number of halogens is 1. The summed E-state index contributed by atoms with van der Waals surface area (Å²) >= 11 is 6.56. The molecule has 2 rings (SSSR count). The second-order valence-corrected chi connectivity index (χ2v) is 8.28. The van der Waals surface area contributed by atoms with Gasteiger partial charge in [0.25, 0.3) is 0 Å². The highest BCUT2D eigenvalue weighted by molar-refractivity contribution is 6.20. The normalized spacial score (nSPS) is 36.6. The van der Waals surface area contributed by atoms with Crippen molar-refractivity contribution in [2.24, 2.45) is 17.3 Å². The number of hydrogen-bond acceptors (Lipinski definition) is 1. The zero-order chi connectivity index (χ0) is 13.9. The van der Waals surface area contributed by atoms with Crippen molar-refractivity contribution in [3.05, 3.63) is 0 Å². The minimum atomic E-state index is 0.420. The Hall–Kier alpha value is 0.250. The maximum absolute atomic E-state index is 6.56. The van der Waals surface area contributed by atoms with Crippen LogP contribution >= 0.6 is 11.6 Å². The quantitative estimate of drug-likeness (QED) is 0.628. The summed E-state index contributed by atoms with van der Waals surface area (Å²) in [5.41, 5.74) is 0.448. The van der Waals surface area contributed by atoms with E-state index in [1.54, 1.807) is 0 Å². The largest absolute Gasteiger partial charge is 0.378 e. The summed E-state index contributed by atoms with van der Waals surface area (Å²) in [5, 5.41) is 0.420. The van der Waals surface area contributed by atoms with E-state index in [9.17, 15) is 0 Å². The van der Waals surface area contributed by atoms with Crippen molar-refractivity contribution in [1.82, 2.24) is 0 Å². The van der Waals surface area contributed by atoms with Gasteiger partial charge in [0.1, 0.15) is 0 Å². The van der Waals surface area contributed by atoms with Gasteiger partial charge in [-0.2, -0.15) is 0 Å². The molecule has 2 heteroatoms. The summed E-state index contributed by atoms with van der Waals surface area (Å²) in [6.45, 7) is 8.14. The van der Waals surface area contributed by atoms with Crippen LogP contribution in [-0.2, 0) is 4.74 Å². The Bertz CT molecular complexity index is 265. The second-order valence-electron chi connectivity index (χ2n) is 7.72. The smallest absolute Gasteiger partial charge is 0.0576 e. The first-order chi connectivity index (χ1) is 8.97. The van der Waals surface area contributed by atoms with E-state index in [1.165, 1.54) is 51.4 Å². The molecule has 4 unspecified atom stereocenters. The predicted octanol–water partition coefficient (Wildman–Crippen LogP) is 5.41. The van der Waals surface area contributed by atoms with E-state index in [-0.39, 0.29) is 0 Å². The molecule has 112 valence electrons. The molecule has 1 heterocycles. The van der Waals surface area contributed by atoms with Gasteiger partial charge in [0.2, 0.25) is 0 Å². The average Bonchev–Trinajstić information content (AvgIpc) is 2.83. The number of hydrogen-bond donors (Lipinski definition) is 0. The first-order valence-corrected chi connectivity index (χ1v) is 8.66. The van der Waals surface area contributed by atoms with Crippen molar-refractivity contribution >= 4 is 11.6 Å². The SMILES string of the molecule is CC(C)(C)C1CCC(Cl)C(CCCC2CCCO2)C1. The molecule has 0 radical (unpaired) electrons. The van der Waals surface area contributed by atoms with E-state index >= 15 is 0 Å². The molecule has 2 fully saturated rings. The van der Waals surface area contributed by atoms with Crippen molar-refractivity contribution in [3.8, 4) is 0 Å². The van der Waals surface area contributed by atoms with E-state index in [0.29, 0.717) is 16.9 Å². The fraction of sp³-hybridized carbons (Fsp3) is 1.00. The Morgan fingerprint density at radius 2 is 1.89 bits per heavy atom. The van der Waals surface area contributed by atoms with Crippen LogP contribution in [0.15, 0.2) is 0 Å². The molecule has 2 aliphatic rings. The Balaban J connectivity index is 1.74. The van der Waals surface area contributed by atoms with Gasteiger partial charge in [-0.3, -0.25) is 0 Å². The van der Waals surface area contributed by atoms with Crippen molar-refractivity contribution in [1.29, 1.82) is 0 Å². The minimum Gasteiger partial charge on any atom is -0.378 e. The maximum Gasteiger partial charge on any atom is 0.0576 e. The monoisotopic (exact) mass is 286 g/mol. The molecule has 0 aromatic carbocycles. The summed E-state index contributed by atoms with van der Waals surface area (Å²) in [6.07, 6.45) is 10.8. The molecule has 1 saturated heterocycles. The van der Waals surface area contributed by atoms with Crippen LogP contribution in [0.4, 0.5) is 0 Å². The maximum atomic E-state index is 6.56. The lowest BCUT2D eigenvalue weighted by molar-refractivity contribution is 0.0962. The first-order valence-electron chi connectivity index (χ1n) is 8.22. The van der Waals surface area contributed by atoms with Gasteiger partial charge in [-0.15, -0.1) is 11.6 Å². The van der Waals surface area contributed by atoms with Crippen LogP contribution in [0.25, 0.3) is 0 Å². The van der Waals surface area contributed by atoms with Gasteiger partial charge < -0.3 is 4.74 Å². The average molecular weight is 287 g/mol. The summed E-state index contributed by atoms with van der Waals surface area (Å²) in [5.74, 6) is 1.59. The molecule has 0 amide bonds. The summed E-state index contributed by atoms with van der Waals surface area (Å²) < 4.78 is 5.71. The van der Waals surface area contributed by atoms with Crippen LogP contribution in [0.2, 0.25) is 0 Å². The summed E-state index contributed by atoms with van der Waals surface area (Å²) in [4.78, 5) is 0. The van der Waals surface area contributed by atoms with Gasteiger partial charge in [0.05, 0.1) is 6.10 Å². The molecule has 1 aliphatic carbocycles. The van der Waals surface area contributed by atoms with E-state index in [1.807, 2.05) is 0 Å². The number of rotatable bonds is 4. The lowest BCUT2D eigenvalue weighted by Crippen LogP contribution is -2.32. The molecule has 1 nitrogen and oxygen atoms in total. The second kappa shape index (κ2) is 6.80. The Kier molecular flexibility index (Phi) is 5.60. The first kappa shape index (κ1) is 15.6. The lowest BCUT2D eigenvalue weighted by Gasteiger charge is -2.40. The van der Waals surface area contributed by atoms with Crippen molar-refractivity contribution in [3.63, 3.8) is 0 Å². The third-order valence-electron chi connectivity index (χ3n) is 5.24. The third kappa shape index (κ3) is 4.63. The molecule has 0 spiro atoms. The molecule has 0 bridgehead atoms. The van der Waals surface area contributed by atoms with Crippen LogP contribution in [-0.4, -0.2) is 18.1 Å². The predicted molar refractivity (Wildman–Crippen MR) is 82.8 cm³/mol. The molecular weight excluding hydrogens is 256 g/mol. The van der Waals surface area contributed by atoms with Gasteiger partial charge in [0.15, 0.2) is 0 Å². The third-order valence-corrected chi connectivity index (χ3v) is 5.81. The topological polar surface area (TPSA) is 9.23 Å². The standard InChI is InChI=1S/C17H31ClO/c1-17(2,3)14-9-10-16(18)13(12-14)6-4-7-15-8-5-11-19-15/h13-16H,4-12H2,1-3H3. The number of alkyl halides is 1. The van der Waals surface area contributed by atoms with Gasteiger partial charge in [-0.25, -0.2) is 0 Å². The Labute approximate surface area is 124 Å². The van der Waals surface area contributed by atoms with Crippen LogP contribution in [0.3, 0.4) is 0 Å². The molecule has 1 aliphatic heterocycles. The zero-order valence-electron chi connectivity index (χ0n) is 13.0. The van der Waals surface area contributed by atoms with Crippen molar-refractivity contribution < 1.29 is 4.74 Å². The Morgan fingerprint density at radius 3 is 2.53 bits per heavy atom. The van der Waals surface area contributed by atoms with Crippen molar-refractivity contribution in [2.45, 2.75) is 83.6 Å². The molecule has 0 aromatic rings. The van der Waals surface area contributed by atoms with Gasteiger partial charge in [-0.05, 0) is 62.2 Å². The zero-order valence-corrected chi connectivity index (χ0v) is 13.7. The molecular formula is C17H31ClO. The van der Waals surface area contributed by atoms with Gasteiger partial charge in [-0.1, -0.05) is 27.2 Å². The molecule has 19 heavy (non-hydrogen) atoms. The molecule has 4 atom stereocenters. The van der Waals surface area contributed by atoms with Gasteiger partial charge >= 0.3 is 0 Å². The van der Waals surface area contributed by atoms with E-state index in [2.05, 4.69) is 20.8 Å². The van der Waals surface area contributed by atoms with Crippen LogP contribution < -0.4 is 0 Å². The summed E-state index contributed by atoms with van der Waals surface area (Å²) in [6, 6.07) is 0. The van der Waals surface area contributed by atoms with Crippen LogP contribution in [0, 0.1) is 17.3 Å². The Morgan fingerprint density at radius 1 is 1.11 bits per heavy atom. The minimum absolute atomic E-state index is 0.420. The fourth-order valence-corrected chi connectivity index (χ4v) is 4.15. The van der Waals surface area contributed by atoms with E-state index in [0.717, 1.165) is 18.4 Å². The molecule has 1 saturated carbocycles. The van der Waals surface area contributed by atoms with E-state index in [4.69, 9.17) is 16.3 Å². The molecule has 0 N–H and O–H groups in total. The molecule has 0 aromatic heterocycles. The highest BCUT2D eigenvalue weighted by Gasteiger charge is 2.34. The highest BCUT2D eigenvalue weighted by atomic mass is 35.5. The van der Waals surface area contributed by atoms with Gasteiger partial charge in [0, 0.05) is 12.0 Å². The summed E-state index contributed by atoms with van der Waals surface area (Å²) in [7, 11) is 0. The van der Waals surface area contributed by atoms with Crippen LogP contribution in [0.1, 0.15) is 72.1 Å².